The molecule has 0 amide bonds. The third-order valence-electron chi connectivity index (χ3n) is 1.12. The second kappa shape index (κ2) is 6.56. The van der Waals surface area contributed by atoms with Crippen LogP contribution in [0.1, 0.15) is 20.8 Å². The maximum atomic E-state index is 10.7. The lowest BCUT2D eigenvalue weighted by molar-refractivity contribution is -0.138. The second-order valence-electron chi connectivity index (χ2n) is 2.53. The summed E-state index contributed by atoms with van der Waals surface area (Å²) in [5.41, 5.74) is 0.241. The molecule has 0 N–H and O–H groups in total. The van der Waals surface area contributed by atoms with Gasteiger partial charge < -0.3 is 9.29 Å². The van der Waals surface area contributed by atoms with Gasteiger partial charge in [-0.15, -0.1) is 0 Å². The molecule has 0 atom stereocenters. The predicted octanol–water partition coefficient (Wildman–Crippen LogP) is 0.677. The van der Waals surface area contributed by atoms with E-state index >= 15 is 0 Å². The van der Waals surface area contributed by atoms with Crippen molar-refractivity contribution in [2.75, 3.05) is 12.4 Å². The molecular weight excluding hydrogens is 208 g/mol. The highest BCUT2D eigenvalue weighted by Crippen LogP contribution is 1.94. The van der Waals surface area contributed by atoms with Crippen LogP contribution in [0.2, 0.25) is 0 Å². The molecule has 0 aromatic heterocycles. The largest absolute Gasteiger partial charge is 0.748 e. The molecule has 0 radical (unpaired) electrons. The Hall–Kier alpha value is -0.880. The first-order valence-electron chi connectivity index (χ1n) is 3.59. The summed E-state index contributed by atoms with van der Waals surface area (Å²) in [5, 5.41) is 0. The van der Waals surface area contributed by atoms with E-state index in [2.05, 4.69) is 11.3 Å². The highest BCUT2D eigenvalue weighted by Gasteiger charge is 2.02. The van der Waals surface area contributed by atoms with Crippen molar-refractivity contribution in [1.82, 2.24) is 0 Å². The fourth-order valence-electron chi connectivity index (χ4n) is 0.524. The van der Waals surface area contributed by atoms with Crippen LogP contribution in [0, 0.1) is 0 Å². The van der Waals surface area contributed by atoms with Crippen molar-refractivity contribution in [2.45, 2.75) is 20.8 Å². The van der Waals surface area contributed by atoms with Crippen LogP contribution in [0.5, 0.6) is 0 Å². The first kappa shape index (κ1) is 15.6. The number of esters is 1. The van der Waals surface area contributed by atoms with Crippen molar-refractivity contribution in [3.05, 3.63) is 12.2 Å². The summed E-state index contributed by atoms with van der Waals surface area (Å²) in [6.45, 7) is 4.73. The molecular formula is C8H15O5S-. The van der Waals surface area contributed by atoms with Gasteiger partial charge in [0.2, 0.25) is 0 Å². The summed E-state index contributed by atoms with van der Waals surface area (Å²) >= 11 is 0. The molecule has 0 aromatic rings. The lowest BCUT2D eigenvalue weighted by Crippen LogP contribution is -2.11. The van der Waals surface area contributed by atoms with Crippen molar-refractivity contribution in [1.29, 1.82) is 0 Å². The fourth-order valence-corrected chi connectivity index (χ4v) is 0.995. The molecule has 0 saturated carbocycles. The zero-order valence-electron chi connectivity index (χ0n) is 7.28. The van der Waals surface area contributed by atoms with Gasteiger partial charge in [0, 0.05) is 11.3 Å². The molecule has 84 valence electrons. The molecule has 0 unspecified atom stereocenters. The van der Waals surface area contributed by atoms with Crippen molar-refractivity contribution in [3.8, 4) is 0 Å². The standard InChI is InChI=1S/C7H12O5S.CH4/c1-6(2)7(8)12-4-3-5-13(9,10)11;/h1,3-5H2,2H3,(H,9,10,11);1H4/p-1. The van der Waals surface area contributed by atoms with Gasteiger partial charge in [-0.25, -0.2) is 13.2 Å². The highest BCUT2D eigenvalue weighted by atomic mass is 32.2. The van der Waals surface area contributed by atoms with Crippen LogP contribution >= 0.6 is 0 Å². The maximum Gasteiger partial charge on any atom is 0.333 e. The molecule has 0 aromatic carbocycles. The van der Waals surface area contributed by atoms with Crippen LogP contribution in [-0.4, -0.2) is 31.3 Å². The van der Waals surface area contributed by atoms with Gasteiger partial charge in [-0.3, -0.25) is 0 Å². The van der Waals surface area contributed by atoms with Crippen LogP contribution in [0.15, 0.2) is 12.2 Å². The topological polar surface area (TPSA) is 83.5 Å². The zero-order chi connectivity index (χ0) is 10.5. The van der Waals surface area contributed by atoms with Crippen molar-refractivity contribution in [3.63, 3.8) is 0 Å². The van der Waals surface area contributed by atoms with Crippen molar-refractivity contribution in [2.24, 2.45) is 0 Å². The Morgan fingerprint density at radius 1 is 1.50 bits per heavy atom. The van der Waals surface area contributed by atoms with Gasteiger partial charge in [-0.05, 0) is 13.3 Å². The van der Waals surface area contributed by atoms with E-state index in [1.54, 1.807) is 0 Å². The molecule has 0 aliphatic rings. The summed E-state index contributed by atoms with van der Waals surface area (Å²) < 4.78 is 34.8. The number of hydrogen-bond donors (Lipinski definition) is 0. The quantitative estimate of drug-likeness (QED) is 0.296. The van der Waals surface area contributed by atoms with Crippen LogP contribution in [-0.2, 0) is 19.6 Å². The molecule has 0 aliphatic heterocycles. The van der Waals surface area contributed by atoms with Gasteiger partial charge >= 0.3 is 5.97 Å². The van der Waals surface area contributed by atoms with E-state index in [0.717, 1.165) is 0 Å². The summed E-state index contributed by atoms with van der Waals surface area (Å²) in [6, 6.07) is 0. The first-order valence-corrected chi connectivity index (χ1v) is 5.17. The molecule has 0 fully saturated rings. The van der Waals surface area contributed by atoms with E-state index in [1.165, 1.54) is 6.92 Å². The first-order chi connectivity index (χ1) is 5.83. The Labute approximate surface area is 84.5 Å². The molecule has 6 heteroatoms. The van der Waals surface area contributed by atoms with Gasteiger partial charge in [-0.2, -0.15) is 0 Å². The summed E-state index contributed by atoms with van der Waals surface area (Å²) in [5.74, 6) is -1.10. The Morgan fingerprint density at radius 3 is 2.36 bits per heavy atom. The third-order valence-corrected chi connectivity index (χ3v) is 1.91. The lowest BCUT2D eigenvalue weighted by Gasteiger charge is -2.06. The van der Waals surface area contributed by atoms with E-state index in [0.29, 0.717) is 0 Å². The number of hydrogen-bond acceptors (Lipinski definition) is 5. The van der Waals surface area contributed by atoms with E-state index in [-0.39, 0.29) is 26.0 Å². The Balaban J connectivity index is 0. The minimum absolute atomic E-state index is 0. The average Bonchev–Trinajstić information content (AvgIpc) is 1.95. The SMILES string of the molecule is C.C=C(C)C(=O)OCCCS(=O)(=O)[O-]. The lowest BCUT2D eigenvalue weighted by atomic mass is 10.4. The summed E-state index contributed by atoms with van der Waals surface area (Å²) in [4.78, 5) is 10.7. The third kappa shape index (κ3) is 9.21. The van der Waals surface area contributed by atoms with Gasteiger partial charge in [0.25, 0.3) is 0 Å². The number of ether oxygens (including phenoxy) is 1. The van der Waals surface area contributed by atoms with Crippen molar-refractivity contribution >= 4 is 16.1 Å². The maximum absolute atomic E-state index is 10.7. The highest BCUT2D eigenvalue weighted by molar-refractivity contribution is 7.85. The summed E-state index contributed by atoms with van der Waals surface area (Å²) in [7, 11) is -4.21. The predicted molar refractivity (Wildman–Crippen MR) is 51.7 cm³/mol. The van der Waals surface area contributed by atoms with E-state index < -0.39 is 21.8 Å². The van der Waals surface area contributed by atoms with Gasteiger partial charge in [0.1, 0.15) is 0 Å². The molecule has 0 spiro atoms. The van der Waals surface area contributed by atoms with Crippen LogP contribution < -0.4 is 0 Å². The Bertz CT molecular complexity index is 291. The number of rotatable bonds is 5. The van der Waals surface area contributed by atoms with Gasteiger partial charge in [0.05, 0.1) is 16.7 Å². The van der Waals surface area contributed by atoms with Crippen LogP contribution in [0.4, 0.5) is 0 Å². The van der Waals surface area contributed by atoms with E-state index in [1.807, 2.05) is 0 Å². The zero-order valence-corrected chi connectivity index (χ0v) is 8.09. The molecule has 14 heavy (non-hydrogen) atoms. The molecule has 5 nitrogen and oxygen atoms in total. The molecule has 0 saturated heterocycles. The second-order valence-corrected chi connectivity index (χ2v) is 4.06. The average molecular weight is 223 g/mol. The summed E-state index contributed by atoms with van der Waals surface area (Å²) in [6.07, 6.45) is 0.0187. The van der Waals surface area contributed by atoms with E-state index in [9.17, 15) is 17.8 Å². The Morgan fingerprint density at radius 2 is 2.00 bits per heavy atom. The number of carbonyl (C=O) groups is 1. The number of carbonyl (C=O) groups excluding carboxylic acids is 1. The minimum Gasteiger partial charge on any atom is -0.748 e. The molecule has 0 rings (SSSR count). The smallest absolute Gasteiger partial charge is 0.333 e. The molecule has 0 bridgehead atoms. The van der Waals surface area contributed by atoms with E-state index in [4.69, 9.17) is 0 Å². The minimum atomic E-state index is -4.21. The Kier molecular flexibility index (Phi) is 7.30. The normalized spacial score (nSPS) is 10.1. The van der Waals surface area contributed by atoms with Crippen molar-refractivity contribution < 1.29 is 22.5 Å². The van der Waals surface area contributed by atoms with Gasteiger partial charge in [-0.1, -0.05) is 14.0 Å². The molecule has 0 aliphatic carbocycles. The van der Waals surface area contributed by atoms with Crippen LogP contribution in [0.3, 0.4) is 0 Å². The molecule has 0 heterocycles. The monoisotopic (exact) mass is 223 g/mol. The van der Waals surface area contributed by atoms with Crippen LogP contribution in [0.25, 0.3) is 0 Å². The fraction of sp³-hybridized carbons (Fsp3) is 0.625. The van der Waals surface area contributed by atoms with Gasteiger partial charge in [0.15, 0.2) is 0 Å².